The van der Waals surface area contributed by atoms with Crippen molar-refractivity contribution in [2.75, 3.05) is 10.6 Å². The Kier molecular flexibility index (Phi) is 5.47. The van der Waals surface area contributed by atoms with Crippen LogP contribution in [0.5, 0.6) is 0 Å². The van der Waals surface area contributed by atoms with Gasteiger partial charge < -0.3 is 10.6 Å². The monoisotopic (exact) mass is 438 g/mol. The molecule has 0 aliphatic carbocycles. The Labute approximate surface area is 180 Å². The number of aryl methyl sites for hydroxylation is 1. The van der Waals surface area contributed by atoms with Gasteiger partial charge in [0.2, 0.25) is 11.8 Å². The Hall–Kier alpha value is -3.30. The van der Waals surface area contributed by atoms with E-state index in [0.29, 0.717) is 27.4 Å². The molecule has 3 aromatic heterocycles. The predicted octanol–water partition coefficient (Wildman–Crippen LogP) is 4.09. The second kappa shape index (κ2) is 8.21. The summed E-state index contributed by atoms with van der Waals surface area (Å²) >= 11 is 2.99. The van der Waals surface area contributed by atoms with Crippen molar-refractivity contribution in [3.05, 3.63) is 63.3 Å². The minimum Gasteiger partial charge on any atom is -0.326 e. The average molecular weight is 439 g/mol. The van der Waals surface area contributed by atoms with Gasteiger partial charge >= 0.3 is 0 Å². The molecule has 2 N–H and O–H groups in total. The number of hydrogen-bond donors (Lipinski definition) is 2. The molecule has 4 rings (SSSR count). The van der Waals surface area contributed by atoms with Gasteiger partial charge in [0.1, 0.15) is 17.2 Å². The molecule has 152 valence electrons. The highest BCUT2D eigenvalue weighted by Gasteiger charge is 2.17. The first-order valence-corrected chi connectivity index (χ1v) is 10.9. The lowest BCUT2D eigenvalue weighted by Gasteiger charge is -2.11. The zero-order chi connectivity index (χ0) is 21.3. The topological polar surface area (TPSA) is 93.1 Å². The second-order valence-electron chi connectivity index (χ2n) is 6.66. The molecule has 2 amide bonds. The number of amides is 2. The van der Waals surface area contributed by atoms with Crippen LogP contribution in [0, 0.1) is 6.92 Å². The Morgan fingerprint density at radius 3 is 2.40 bits per heavy atom. The minimum absolute atomic E-state index is 0.138. The Morgan fingerprint density at radius 2 is 1.77 bits per heavy atom. The number of carbonyl (C=O) groups is 2. The van der Waals surface area contributed by atoms with Gasteiger partial charge in [-0.1, -0.05) is 6.07 Å². The molecule has 3 heterocycles. The van der Waals surface area contributed by atoms with E-state index >= 15 is 0 Å². The van der Waals surface area contributed by atoms with Crippen molar-refractivity contribution < 1.29 is 9.59 Å². The summed E-state index contributed by atoms with van der Waals surface area (Å²) in [6.45, 7) is 3.01. The molecule has 0 saturated heterocycles. The van der Waals surface area contributed by atoms with E-state index < -0.39 is 0 Å². The second-order valence-corrected chi connectivity index (χ2v) is 8.47. The molecule has 7 nitrogen and oxygen atoms in total. The van der Waals surface area contributed by atoms with Crippen LogP contribution in [0.1, 0.15) is 12.7 Å². The highest BCUT2D eigenvalue weighted by atomic mass is 32.1. The van der Waals surface area contributed by atoms with Gasteiger partial charge in [-0.05, 0) is 42.6 Å². The molecule has 0 aliphatic rings. The van der Waals surface area contributed by atoms with Gasteiger partial charge in [-0.2, -0.15) is 0 Å². The lowest BCUT2D eigenvalue weighted by Crippen LogP contribution is -2.30. The summed E-state index contributed by atoms with van der Waals surface area (Å²) in [5.74, 6) is -0.00959. The van der Waals surface area contributed by atoms with Crippen molar-refractivity contribution in [1.82, 2.24) is 9.55 Å². The molecule has 0 unspecified atom stereocenters. The van der Waals surface area contributed by atoms with E-state index in [0.717, 1.165) is 10.4 Å². The number of thiophene rings is 2. The number of fused-ring (bicyclic) bond motifs is 1. The first-order chi connectivity index (χ1) is 14.4. The van der Waals surface area contributed by atoms with Crippen molar-refractivity contribution in [2.45, 2.75) is 20.4 Å². The Balaban J connectivity index is 1.59. The quantitative estimate of drug-likeness (QED) is 0.491. The summed E-state index contributed by atoms with van der Waals surface area (Å²) in [6, 6.07) is 10.7. The molecule has 0 saturated carbocycles. The number of hydrogen-bond acceptors (Lipinski definition) is 6. The van der Waals surface area contributed by atoms with E-state index in [1.807, 2.05) is 22.9 Å². The third kappa shape index (κ3) is 4.03. The maximum absolute atomic E-state index is 13.2. The SMILES string of the molecule is CC(=O)Nc1ccc(NC(=O)Cn2c(C)nc3scc(-c4cccs4)c3c2=O)cc1. The largest absolute Gasteiger partial charge is 0.326 e. The molecule has 30 heavy (non-hydrogen) atoms. The molecule has 0 aliphatic heterocycles. The molecule has 1 aromatic carbocycles. The fraction of sp³-hybridized carbons (Fsp3) is 0.143. The van der Waals surface area contributed by atoms with Gasteiger partial charge in [0.05, 0.1) is 5.39 Å². The van der Waals surface area contributed by atoms with E-state index in [9.17, 15) is 14.4 Å². The van der Waals surface area contributed by atoms with Crippen LogP contribution in [-0.4, -0.2) is 21.4 Å². The summed E-state index contributed by atoms with van der Waals surface area (Å²) in [7, 11) is 0. The van der Waals surface area contributed by atoms with Crippen molar-refractivity contribution in [1.29, 1.82) is 0 Å². The number of rotatable bonds is 5. The van der Waals surface area contributed by atoms with Crippen LogP contribution < -0.4 is 16.2 Å². The molecular formula is C21H18N4O3S2. The van der Waals surface area contributed by atoms with Crippen LogP contribution in [0.15, 0.2) is 52.0 Å². The van der Waals surface area contributed by atoms with Crippen LogP contribution in [0.4, 0.5) is 11.4 Å². The van der Waals surface area contributed by atoms with Crippen LogP contribution in [0.25, 0.3) is 20.7 Å². The molecule has 0 fully saturated rings. The zero-order valence-electron chi connectivity index (χ0n) is 16.3. The summed E-state index contributed by atoms with van der Waals surface area (Å²) in [6.07, 6.45) is 0. The number of benzene rings is 1. The molecule has 0 spiro atoms. The fourth-order valence-corrected chi connectivity index (χ4v) is 4.91. The van der Waals surface area contributed by atoms with E-state index in [4.69, 9.17) is 0 Å². The van der Waals surface area contributed by atoms with Gasteiger partial charge in [0, 0.05) is 34.1 Å². The maximum Gasteiger partial charge on any atom is 0.263 e. The number of carbonyl (C=O) groups excluding carboxylic acids is 2. The van der Waals surface area contributed by atoms with Crippen molar-refractivity contribution >= 4 is 56.1 Å². The maximum atomic E-state index is 13.2. The van der Waals surface area contributed by atoms with E-state index in [1.54, 1.807) is 42.5 Å². The summed E-state index contributed by atoms with van der Waals surface area (Å²) in [5, 5.41) is 9.88. The van der Waals surface area contributed by atoms with Gasteiger partial charge in [-0.25, -0.2) is 4.98 Å². The summed E-state index contributed by atoms with van der Waals surface area (Å²) < 4.78 is 1.40. The van der Waals surface area contributed by atoms with Crippen molar-refractivity contribution in [3.8, 4) is 10.4 Å². The molecule has 9 heteroatoms. The smallest absolute Gasteiger partial charge is 0.263 e. The minimum atomic E-state index is -0.332. The van der Waals surface area contributed by atoms with Crippen LogP contribution in [0.2, 0.25) is 0 Å². The number of aromatic nitrogens is 2. The molecule has 0 bridgehead atoms. The lowest BCUT2D eigenvalue weighted by atomic mass is 10.2. The van der Waals surface area contributed by atoms with E-state index in [1.165, 1.54) is 22.8 Å². The van der Waals surface area contributed by atoms with Gasteiger partial charge in [-0.15, -0.1) is 22.7 Å². The van der Waals surface area contributed by atoms with Gasteiger partial charge in [0.15, 0.2) is 0 Å². The number of anilines is 2. The number of nitrogens with zero attached hydrogens (tertiary/aromatic N) is 2. The van der Waals surface area contributed by atoms with Gasteiger partial charge in [-0.3, -0.25) is 19.0 Å². The first-order valence-electron chi connectivity index (χ1n) is 9.12. The van der Waals surface area contributed by atoms with Crippen molar-refractivity contribution in [2.24, 2.45) is 0 Å². The normalized spacial score (nSPS) is 10.9. The molecular weight excluding hydrogens is 420 g/mol. The highest BCUT2D eigenvalue weighted by Crippen LogP contribution is 2.33. The lowest BCUT2D eigenvalue weighted by molar-refractivity contribution is -0.117. The van der Waals surface area contributed by atoms with Gasteiger partial charge in [0.25, 0.3) is 5.56 Å². The standard InChI is InChI=1S/C21H18N4O3S2/c1-12-22-20-19(16(11-30-20)17-4-3-9-29-17)21(28)25(12)10-18(27)24-15-7-5-14(6-8-15)23-13(2)26/h3-9,11H,10H2,1-2H3,(H,23,26)(H,24,27). The molecule has 4 aromatic rings. The van der Waals surface area contributed by atoms with E-state index in [2.05, 4.69) is 15.6 Å². The van der Waals surface area contributed by atoms with Crippen LogP contribution in [0.3, 0.4) is 0 Å². The molecule has 0 atom stereocenters. The van der Waals surface area contributed by atoms with Crippen LogP contribution >= 0.6 is 22.7 Å². The van der Waals surface area contributed by atoms with Crippen molar-refractivity contribution in [3.63, 3.8) is 0 Å². The number of nitrogens with one attached hydrogen (secondary N) is 2. The summed E-state index contributed by atoms with van der Waals surface area (Å²) in [5.41, 5.74) is 1.84. The summed E-state index contributed by atoms with van der Waals surface area (Å²) in [4.78, 5) is 43.1. The average Bonchev–Trinajstić information content (AvgIpc) is 3.36. The Morgan fingerprint density at radius 1 is 1.07 bits per heavy atom. The van der Waals surface area contributed by atoms with Crippen LogP contribution in [-0.2, 0) is 16.1 Å². The first kappa shape index (κ1) is 20.0. The fourth-order valence-electron chi connectivity index (χ4n) is 3.11. The van der Waals surface area contributed by atoms with E-state index in [-0.39, 0.29) is 23.9 Å². The molecule has 0 radical (unpaired) electrons. The highest BCUT2D eigenvalue weighted by molar-refractivity contribution is 7.18. The zero-order valence-corrected chi connectivity index (χ0v) is 17.9. The predicted molar refractivity (Wildman–Crippen MR) is 121 cm³/mol. The third-order valence-corrected chi connectivity index (χ3v) is 6.24. The Bertz CT molecular complexity index is 1290. The third-order valence-electron chi connectivity index (χ3n) is 4.46.